The maximum Gasteiger partial charge on any atom is 0.0205 e. The number of aryl methyl sites for hydroxylation is 3. The van der Waals surface area contributed by atoms with E-state index >= 15 is 0 Å². The van der Waals surface area contributed by atoms with E-state index in [2.05, 4.69) is 125 Å². The average Bonchev–Trinajstić information content (AvgIpc) is 3.08. The van der Waals surface area contributed by atoms with Gasteiger partial charge >= 0.3 is 0 Å². The van der Waals surface area contributed by atoms with Crippen molar-refractivity contribution >= 4 is 0 Å². The summed E-state index contributed by atoms with van der Waals surface area (Å²) in [5, 5.41) is 11.2. The number of benzene rings is 4. The van der Waals surface area contributed by atoms with Gasteiger partial charge in [-0.25, -0.2) is 0 Å². The molecule has 0 atom stereocenters. The van der Waals surface area contributed by atoms with E-state index in [0.29, 0.717) is 0 Å². The lowest BCUT2D eigenvalue weighted by atomic mass is 10.0. The molecule has 0 saturated carbocycles. The predicted octanol–water partition coefficient (Wildman–Crippen LogP) is 9.19. The minimum atomic E-state index is 0.943. The fourth-order valence-electron chi connectivity index (χ4n) is 6.05. The second kappa shape index (κ2) is 22.3. The number of hydrogen-bond acceptors (Lipinski definition) is 3. The topological polar surface area (TPSA) is 36.1 Å². The molecular weight excluding hydrogens is 546 g/mol. The number of rotatable bonds is 24. The Hall–Kier alpha value is -3.24. The lowest BCUT2D eigenvalue weighted by molar-refractivity contribution is 0.593. The summed E-state index contributed by atoms with van der Waals surface area (Å²) in [6.45, 7) is 6.07. The van der Waals surface area contributed by atoms with Crippen molar-refractivity contribution in [2.45, 2.75) is 96.7 Å². The van der Waals surface area contributed by atoms with E-state index in [1.807, 2.05) is 0 Å². The summed E-state index contributed by atoms with van der Waals surface area (Å²) in [7, 11) is 0. The van der Waals surface area contributed by atoms with Gasteiger partial charge in [-0.3, -0.25) is 0 Å². The van der Waals surface area contributed by atoms with Crippen LogP contribution in [0.25, 0.3) is 0 Å². The van der Waals surface area contributed by atoms with Gasteiger partial charge in [0.15, 0.2) is 0 Å². The third-order valence-corrected chi connectivity index (χ3v) is 8.59. The van der Waals surface area contributed by atoms with Crippen LogP contribution in [0.5, 0.6) is 0 Å². The molecule has 0 aliphatic rings. The summed E-state index contributed by atoms with van der Waals surface area (Å²) in [6, 6.07) is 39.8. The molecule has 4 aromatic carbocycles. The van der Waals surface area contributed by atoms with Gasteiger partial charge in [0, 0.05) is 19.6 Å². The van der Waals surface area contributed by atoms with E-state index in [0.717, 1.165) is 39.3 Å². The van der Waals surface area contributed by atoms with E-state index in [9.17, 15) is 0 Å². The minimum absolute atomic E-state index is 0.943. The van der Waals surface area contributed by atoms with Gasteiger partial charge in [-0.15, -0.1) is 0 Å². The van der Waals surface area contributed by atoms with E-state index < -0.39 is 0 Å². The van der Waals surface area contributed by atoms with Crippen molar-refractivity contribution in [2.75, 3.05) is 19.6 Å². The van der Waals surface area contributed by atoms with Gasteiger partial charge in [0.2, 0.25) is 0 Å². The van der Waals surface area contributed by atoms with Gasteiger partial charge in [-0.1, -0.05) is 128 Å². The van der Waals surface area contributed by atoms with Crippen molar-refractivity contribution in [3.63, 3.8) is 0 Å². The molecule has 0 fully saturated rings. The molecule has 0 aromatic heterocycles. The molecule has 45 heavy (non-hydrogen) atoms. The summed E-state index contributed by atoms with van der Waals surface area (Å²) >= 11 is 0. The van der Waals surface area contributed by atoms with Crippen LogP contribution in [0.15, 0.2) is 109 Å². The molecule has 0 unspecified atom stereocenters. The Morgan fingerprint density at radius 1 is 0.289 bits per heavy atom. The first-order chi connectivity index (χ1) is 22.3. The summed E-state index contributed by atoms with van der Waals surface area (Å²) in [4.78, 5) is 0. The molecule has 0 saturated heterocycles. The fourth-order valence-corrected chi connectivity index (χ4v) is 6.05. The molecule has 0 aliphatic carbocycles. The third kappa shape index (κ3) is 15.5. The van der Waals surface area contributed by atoms with Crippen molar-refractivity contribution in [1.29, 1.82) is 0 Å². The minimum Gasteiger partial charge on any atom is -0.313 e. The Bertz CT molecular complexity index is 1100. The summed E-state index contributed by atoms with van der Waals surface area (Å²) in [6.07, 6.45) is 14.9. The number of unbranched alkanes of at least 4 members (excludes halogenated alkanes) is 6. The standard InChI is InChI=1S/C42H57N3/c1-7-19-37(20-8-1)25-13-4-16-28-43-34-40-31-41(35-44-29-17-5-14-26-38-21-9-2-10-22-38)33-42(32-40)36-45-30-18-6-15-27-39-23-11-3-12-24-39/h1-3,7-12,19-24,31-33,43-45H,4-6,13-18,25-30,34-36H2. The summed E-state index contributed by atoms with van der Waals surface area (Å²) in [5.74, 6) is 0. The molecule has 0 amide bonds. The Morgan fingerprint density at radius 2 is 0.578 bits per heavy atom. The molecule has 0 radical (unpaired) electrons. The highest BCUT2D eigenvalue weighted by Gasteiger charge is 2.04. The van der Waals surface area contributed by atoms with Gasteiger partial charge in [-0.05, 0) is 111 Å². The maximum absolute atomic E-state index is 3.72. The fraction of sp³-hybridized carbons (Fsp3) is 0.429. The van der Waals surface area contributed by atoms with Crippen molar-refractivity contribution < 1.29 is 0 Å². The zero-order valence-corrected chi connectivity index (χ0v) is 27.6. The molecule has 0 bridgehead atoms. The second-order valence-electron chi connectivity index (χ2n) is 12.6. The summed E-state index contributed by atoms with van der Waals surface area (Å²) < 4.78 is 0. The number of nitrogens with one attached hydrogen (secondary N) is 3. The highest BCUT2D eigenvalue weighted by molar-refractivity contribution is 5.30. The molecule has 4 rings (SSSR count). The second-order valence-corrected chi connectivity index (χ2v) is 12.6. The first-order valence-corrected chi connectivity index (χ1v) is 17.7. The van der Waals surface area contributed by atoms with Gasteiger partial charge in [0.05, 0.1) is 0 Å². The van der Waals surface area contributed by atoms with Gasteiger partial charge in [-0.2, -0.15) is 0 Å². The van der Waals surface area contributed by atoms with Crippen molar-refractivity contribution in [2.24, 2.45) is 0 Å². The molecule has 4 aromatic rings. The third-order valence-electron chi connectivity index (χ3n) is 8.59. The molecule has 3 heteroatoms. The summed E-state index contributed by atoms with van der Waals surface area (Å²) in [5.41, 5.74) is 8.58. The Kier molecular flexibility index (Phi) is 17.2. The quantitative estimate of drug-likeness (QED) is 0.0699. The van der Waals surface area contributed by atoms with E-state index in [1.165, 1.54) is 110 Å². The smallest absolute Gasteiger partial charge is 0.0205 e. The highest BCUT2D eigenvalue weighted by Crippen LogP contribution is 2.13. The Balaban J connectivity index is 1.14. The van der Waals surface area contributed by atoms with Crippen LogP contribution in [0, 0.1) is 0 Å². The average molecular weight is 604 g/mol. The van der Waals surface area contributed by atoms with Crippen molar-refractivity contribution in [1.82, 2.24) is 16.0 Å². The lowest BCUT2D eigenvalue weighted by Crippen LogP contribution is -2.19. The molecule has 0 heterocycles. The highest BCUT2D eigenvalue weighted by atomic mass is 14.9. The number of hydrogen-bond donors (Lipinski definition) is 3. The van der Waals surface area contributed by atoms with E-state index in [-0.39, 0.29) is 0 Å². The van der Waals surface area contributed by atoms with E-state index in [1.54, 1.807) is 0 Å². The van der Waals surface area contributed by atoms with Crippen LogP contribution in [0.3, 0.4) is 0 Å². The normalized spacial score (nSPS) is 11.2. The van der Waals surface area contributed by atoms with Crippen LogP contribution in [-0.2, 0) is 38.9 Å². The van der Waals surface area contributed by atoms with Crippen LogP contribution in [-0.4, -0.2) is 19.6 Å². The largest absolute Gasteiger partial charge is 0.313 e. The van der Waals surface area contributed by atoms with Gasteiger partial charge in [0.25, 0.3) is 0 Å². The van der Waals surface area contributed by atoms with Gasteiger partial charge < -0.3 is 16.0 Å². The zero-order valence-electron chi connectivity index (χ0n) is 27.6. The molecule has 0 aliphatic heterocycles. The van der Waals surface area contributed by atoms with Crippen molar-refractivity contribution in [3.05, 3.63) is 143 Å². The van der Waals surface area contributed by atoms with Crippen LogP contribution < -0.4 is 16.0 Å². The molecule has 3 N–H and O–H groups in total. The molecule has 240 valence electrons. The Morgan fingerprint density at radius 3 is 0.867 bits per heavy atom. The Labute approximate surface area is 274 Å². The monoisotopic (exact) mass is 603 g/mol. The first kappa shape index (κ1) is 34.6. The SMILES string of the molecule is c1ccc(CCCCCNCc2cc(CNCCCCCc3ccccc3)cc(CNCCCCCc3ccccc3)c2)cc1. The van der Waals surface area contributed by atoms with Crippen LogP contribution >= 0.6 is 0 Å². The molecular formula is C42H57N3. The lowest BCUT2D eigenvalue weighted by Gasteiger charge is -2.13. The van der Waals surface area contributed by atoms with E-state index in [4.69, 9.17) is 0 Å². The zero-order chi connectivity index (χ0) is 31.0. The van der Waals surface area contributed by atoms with Gasteiger partial charge in [0.1, 0.15) is 0 Å². The van der Waals surface area contributed by atoms with Crippen molar-refractivity contribution in [3.8, 4) is 0 Å². The first-order valence-electron chi connectivity index (χ1n) is 17.7. The van der Waals surface area contributed by atoms with Crippen LogP contribution in [0.4, 0.5) is 0 Å². The van der Waals surface area contributed by atoms with Crippen LogP contribution in [0.1, 0.15) is 91.2 Å². The molecule has 3 nitrogen and oxygen atoms in total. The molecule has 0 spiro atoms. The van der Waals surface area contributed by atoms with Crippen LogP contribution in [0.2, 0.25) is 0 Å². The predicted molar refractivity (Wildman–Crippen MR) is 194 cm³/mol. The maximum atomic E-state index is 3.72.